The number of ether oxygens (including phenoxy) is 2. The molecule has 2 saturated heterocycles. The van der Waals surface area contributed by atoms with Crippen molar-refractivity contribution in [3.05, 3.63) is 33.8 Å². The number of rotatable bonds is 1. The van der Waals surface area contributed by atoms with Crippen LogP contribution in [0, 0.1) is 0 Å². The number of hydrogen-bond acceptors (Lipinski definition) is 3. The number of carbonyl (C=O) groups excluding carboxylic acids is 1. The fraction of sp³-hybridized carbons (Fsp3) is 0.533. The van der Waals surface area contributed by atoms with Crippen molar-refractivity contribution in [2.45, 2.75) is 25.0 Å². The molecule has 0 radical (unpaired) electrons. The maximum atomic E-state index is 12.6. The normalized spacial score (nSPS) is 29.1. The van der Waals surface area contributed by atoms with Gasteiger partial charge in [-0.15, -0.1) is 0 Å². The van der Waals surface area contributed by atoms with Gasteiger partial charge in [-0.2, -0.15) is 0 Å². The van der Waals surface area contributed by atoms with Gasteiger partial charge in [0, 0.05) is 25.1 Å². The molecule has 2 atom stereocenters. The largest absolute Gasteiger partial charge is 0.375 e. The lowest BCUT2D eigenvalue weighted by molar-refractivity contribution is -0.126. The molecule has 0 bridgehead atoms. The van der Waals surface area contributed by atoms with Gasteiger partial charge in [-0.1, -0.05) is 23.2 Å². The van der Waals surface area contributed by atoms with Gasteiger partial charge in [0.1, 0.15) is 5.60 Å². The fourth-order valence-electron chi connectivity index (χ4n) is 2.95. The molecule has 114 valence electrons. The first-order valence-corrected chi connectivity index (χ1v) is 7.77. The molecule has 21 heavy (non-hydrogen) atoms. The summed E-state index contributed by atoms with van der Waals surface area (Å²) >= 11 is 11.9. The Morgan fingerprint density at radius 2 is 2.14 bits per heavy atom. The van der Waals surface area contributed by atoms with E-state index in [0.717, 1.165) is 6.42 Å². The van der Waals surface area contributed by atoms with Crippen molar-refractivity contribution >= 4 is 29.1 Å². The van der Waals surface area contributed by atoms with Gasteiger partial charge in [0.05, 0.1) is 29.3 Å². The SMILES string of the molecule is C[C@@H]1OCC[C@]12CN(C(=O)c1ccc(Cl)c(Cl)c1)CCO2. The molecule has 3 rings (SSSR count). The topological polar surface area (TPSA) is 38.8 Å². The van der Waals surface area contributed by atoms with Crippen LogP contribution in [0.25, 0.3) is 0 Å². The summed E-state index contributed by atoms with van der Waals surface area (Å²) in [5, 5.41) is 0.840. The molecule has 0 unspecified atom stereocenters. The van der Waals surface area contributed by atoms with Crippen LogP contribution in [-0.2, 0) is 9.47 Å². The lowest BCUT2D eigenvalue weighted by Crippen LogP contribution is -2.56. The van der Waals surface area contributed by atoms with Crippen molar-refractivity contribution in [1.82, 2.24) is 4.90 Å². The average molecular weight is 330 g/mol. The van der Waals surface area contributed by atoms with Crippen molar-refractivity contribution in [2.75, 3.05) is 26.3 Å². The Kier molecular flexibility index (Phi) is 4.14. The van der Waals surface area contributed by atoms with Crippen LogP contribution in [0.15, 0.2) is 18.2 Å². The summed E-state index contributed by atoms with van der Waals surface area (Å²) in [5.74, 6) is -0.0460. The van der Waals surface area contributed by atoms with Gasteiger partial charge in [0.25, 0.3) is 5.91 Å². The highest BCUT2D eigenvalue weighted by Gasteiger charge is 2.47. The second-order valence-electron chi connectivity index (χ2n) is 5.53. The predicted molar refractivity (Wildman–Crippen MR) is 81.1 cm³/mol. The molecule has 2 fully saturated rings. The molecule has 6 heteroatoms. The summed E-state index contributed by atoms with van der Waals surface area (Å²) in [4.78, 5) is 14.5. The highest BCUT2D eigenvalue weighted by Crippen LogP contribution is 2.33. The van der Waals surface area contributed by atoms with Crippen LogP contribution >= 0.6 is 23.2 Å². The van der Waals surface area contributed by atoms with Gasteiger partial charge in [-0.25, -0.2) is 0 Å². The number of benzene rings is 1. The number of halogens is 2. The van der Waals surface area contributed by atoms with Crippen LogP contribution in [-0.4, -0.2) is 48.8 Å². The molecular formula is C15H17Cl2NO3. The van der Waals surface area contributed by atoms with E-state index < -0.39 is 0 Å². The zero-order chi connectivity index (χ0) is 15.0. The van der Waals surface area contributed by atoms with E-state index in [4.69, 9.17) is 32.7 Å². The van der Waals surface area contributed by atoms with Crippen molar-refractivity contribution in [3.8, 4) is 0 Å². The van der Waals surface area contributed by atoms with Crippen molar-refractivity contribution in [2.24, 2.45) is 0 Å². The lowest BCUT2D eigenvalue weighted by Gasteiger charge is -2.42. The second-order valence-corrected chi connectivity index (χ2v) is 6.35. The van der Waals surface area contributed by atoms with Crippen molar-refractivity contribution < 1.29 is 14.3 Å². The fourth-order valence-corrected chi connectivity index (χ4v) is 3.25. The maximum Gasteiger partial charge on any atom is 0.254 e. The number of morpholine rings is 1. The molecule has 2 aliphatic rings. The van der Waals surface area contributed by atoms with Crippen LogP contribution < -0.4 is 0 Å². The van der Waals surface area contributed by atoms with E-state index in [-0.39, 0.29) is 17.6 Å². The molecule has 2 heterocycles. The Labute approximate surface area is 133 Å². The first-order valence-electron chi connectivity index (χ1n) is 7.02. The summed E-state index contributed by atoms with van der Waals surface area (Å²) in [6.45, 7) is 4.33. The van der Waals surface area contributed by atoms with Gasteiger partial charge < -0.3 is 14.4 Å². The minimum Gasteiger partial charge on any atom is -0.375 e. The summed E-state index contributed by atoms with van der Waals surface area (Å²) in [6.07, 6.45) is 0.821. The molecule has 2 aliphatic heterocycles. The lowest BCUT2D eigenvalue weighted by atomic mass is 9.94. The molecule has 1 amide bonds. The van der Waals surface area contributed by atoms with Crippen LogP contribution in [0.2, 0.25) is 10.0 Å². The van der Waals surface area contributed by atoms with Crippen molar-refractivity contribution in [3.63, 3.8) is 0 Å². The van der Waals surface area contributed by atoms with Gasteiger partial charge in [-0.05, 0) is 25.1 Å². The van der Waals surface area contributed by atoms with E-state index in [1.54, 1.807) is 18.2 Å². The molecule has 0 saturated carbocycles. The summed E-state index contributed by atoms with van der Waals surface area (Å²) in [6, 6.07) is 4.96. The minimum atomic E-state index is -0.371. The Balaban J connectivity index is 1.79. The quantitative estimate of drug-likeness (QED) is 0.795. The summed E-state index contributed by atoms with van der Waals surface area (Å²) < 4.78 is 11.5. The van der Waals surface area contributed by atoms with Gasteiger partial charge >= 0.3 is 0 Å². The standard InChI is InChI=1S/C15H17Cl2NO3/c1-10-15(4-6-20-10)9-18(5-7-21-15)14(19)11-2-3-12(16)13(17)8-11/h2-3,8,10H,4-7,9H2,1H3/t10-,15-/m0/s1. The Bertz CT molecular complexity index is 566. The molecule has 0 aromatic heterocycles. The first-order chi connectivity index (χ1) is 10.0. The maximum absolute atomic E-state index is 12.6. The third-order valence-corrected chi connectivity index (χ3v) is 5.04. The monoisotopic (exact) mass is 329 g/mol. The minimum absolute atomic E-state index is 0.00176. The van der Waals surface area contributed by atoms with Gasteiger partial charge in [-0.3, -0.25) is 4.79 Å². The van der Waals surface area contributed by atoms with Crippen LogP contribution in [0.1, 0.15) is 23.7 Å². The van der Waals surface area contributed by atoms with E-state index >= 15 is 0 Å². The molecule has 1 aromatic rings. The second kappa shape index (κ2) is 5.76. The number of nitrogens with zero attached hydrogens (tertiary/aromatic N) is 1. The molecule has 0 aliphatic carbocycles. The highest BCUT2D eigenvalue weighted by molar-refractivity contribution is 6.42. The van der Waals surface area contributed by atoms with E-state index in [9.17, 15) is 4.79 Å². The summed E-state index contributed by atoms with van der Waals surface area (Å²) in [7, 11) is 0. The Morgan fingerprint density at radius 3 is 2.81 bits per heavy atom. The van der Waals surface area contributed by atoms with Crippen LogP contribution in [0.5, 0.6) is 0 Å². The molecular weight excluding hydrogens is 313 g/mol. The van der Waals surface area contributed by atoms with E-state index in [2.05, 4.69) is 0 Å². The zero-order valence-electron chi connectivity index (χ0n) is 11.8. The number of amides is 1. The van der Waals surface area contributed by atoms with E-state index in [1.165, 1.54) is 0 Å². The third-order valence-electron chi connectivity index (χ3n) is 4.30. The average Bonchev–Trinajstić information content (AvgIpc) is 2.82. The molecule has 0 N–H and O–H groups in total. The Hall–Kier alpha value is -0.810. The van der Waals surface area contributed by atoms with Crippen LogP contribution in [0.4, 0.5) is 0 Å². The molecule has 4 nitrogen and oxygen atoms in total. The Morgan fingerprint density at radius 1 is 1.33 bits per heavy atom. The first kappa shape index (κ1) is 15.1. The molecule has 1 spiro atoms. The van der Waals surface area contributed by atoms with E-state index in [0.29, 0.717) is 41.9 Å². The number of carbonyl (C=O) groups is 1. The zero-order valence-corrected chi connectivity index (χ0v) is 13.3. The smallest absolute Gasteiger partial charge is 0.254 e. The third kappa shape index (κ3) is 2.78. The number of hydrogen-bond donors (Lipinski definition) is 0. The van der Waals surface area contributed by atoms with Gasteiger partial charge in [0.2, 0.25) is 0 Å². The van der Waals surface area contributed by atoms with Gasteiger partial charge in [0.15, 0.2) is 0 Å². The van der Waals surface area contributed by atoms with Crippen LogP contribution in [0.3, 0.4) is 0 Å². The molecule has 1 aromatic carbocycles. The van der Waals surface area contributed by atoms with Crippen molar-refractivity contribution in [1.29, 1.82) is 0 Å². The predicted octanol–water partition coefficient (Wildman–Crippen LogP) is 3.01. The highest BCUT2D eigenvalue weighted by atomic mass is 35.5. The summed E-state index contributed by atoms with van der Waals surface area (Å²) in [5.41, 5.74) is 0.178. The van der Waals surface area contributed by atoms with E-state index in [1.807, 2.05) is 11.8 Å².